The van der Waals surface area contributed by atoms with E-state index in [2.05, 4.69) is 10.3 Å². The molecule has 7 heteroatoms. The van der Waals surface area contributed by atoms with Crippen molar-refractivity contribution in [2.24, 2.45) is 9.98 Å². The van der Waals surface area contributed by atoms with E-state index < -0.39 is 0 Å². The predicted octanol–water partition coefficient (Wildman–Crippen LogP) is 4.96. The van der Waals surface area contributed by atoms with Crippen LogP contribution in [0.25, 0.3) is 0 Å². The number of nitrogens with one attached hydrogen (secondary N) is 1. The lowest BCUT2D eigenvalue weighted by molar-refractivity contribution is -0.113. The van der Waals surface area contributed by atoms with Gasteiger partial charge in [0.05, 0.1) is 12.9 Å². The van der Waals surface area contributed by atoms with Crippen molar-refractivity contribution in [1.29, 1.82) is 0 Å². The molecule has 0 saturated heterocycles. The lowest BCUT2D eigenvalue weighted by Crippen LogP contribution is -2.34. The van der Waals surface area contributed by atoms with Gasteiger partial charge in [-0.05, 0) is 42.8 Å². The highest BCUT2D eigenvalue weighted by Crippen LogP contribution is 2.26. The number of amidine groups is 2. The number of nitrogens with zero attached hydrogens (tertiary/aromatic N) is 3. The Bertz CT molecular complexity index is 1140. The van der Waals surface area contributed by atoms with E-state index in [0.717, 1.165) is 33.4 Å². The average Bonchev–Trinajstić information content (AvgIpc) is 2.85. The molecule has 1 N–H and O–H groups in total. The van der Waals surface area contributed by atoms with Crippen LogP contribution in [0.1, 0.15) is 11.1 Å². The summed E-state index contributed by atoms with van der Waals surface area (Å²) in [5, 5.41) is 3.71. The SMILES string of the molecule is COc1ccc(N2CN=C(c3ccccc3)N=C2SCC(=O)Nc2ccccc2C)cc1. The topological polar surface area (TPSA) is 66.3 Å². The standard InChI is InChI=1S/C25H24N4O2S/c1-18-8-6-7-11-22(18)27-23(30)16-32-25-28-24(19-9-4-3-5-10-19)26-17-29(25)20-12-14-21(31-2)15-13-20/h3-15H,16-17H2,1-2H3,(H,27,30). The minimum absolute atomic E-state index is 0.0783. The molecule has 1 aliphatic rings. The molecule has 4 rings (SSSR count). The van der Waals surface area contributed by atoms with E-state index in [1.54, 1.807) is 7.11 Å². The Morgan fingerprint density at radius 2 is 1.75 bits per heavy atom. The number of aliphatic imine (C=N–C) groups is 2. The number of anilines is 2. The van der Waals surface area contributed by atoms with Crippen LogP contribution in [-0.4, -0.2) is 36.4 Å². The highest BCUT2D eigenvalue weighted by molar-refractivity contribution is 8.14. The fourth-order valence-corrected chi connectivity index (χ4v) is 4.02. The van der Waals surface area contributed by atoms with E-state index in [0.29, 0.717) is 12.5 Å². The van der Waals surface area contributed by atoms with Gasteiger partial charge in [0.25, 0.3) is 0 Å². The smallest absolute Gasteiger partial charge is 0.234 e. The Morgan fingerprint density at radius 3 is 2.47 bits per heavy atom. The first-order valence-corrected chi connectivity index (χ1v) is 11.2. The van der Waals surface area contributed by atoms with Crippen LogP contribution >= 0.6 is 11.8 Å². The molecule has 0 radical (unpaired) electrons. The van der Waals surface area contributed by atoms with E-state index >= 15 is 0 Å². The molecule has 1 amide bonds. The fourth-order valence-electron chi connectivity index (χ4n) is 3.22. The van der Waals surface area contributed by atoms with Crippen LogP contribution < -0.4 is 15.0 Å². The number of rotatable bonds is 6. The van der Waals surface area contributed by atoms with Crippen LogP contribution in [0.5, 0.6) is 5.75 Å². The second-order valence-electron chi connectivity index (χ2n) is 7.16. The second-order valence-corrected chi connectivity index (χ2v) is 8.10. The van der Waals surface area contributed by atoms with Crippen LogP contribution in [0, 0.1) is 6.92 Å². The van der Waals surface area contributed by atoms with Crippen LogP contribution in [0.3, 0.4) is 0 Å². The molecular weight excluding hydrogens is 420 g/mol. The summed E-state index contributed by atoms with van der Waals surface area (Å²) in [7, 11) is 1.64. The molecule has 162 valence electrons. The molecule has 0 aliphatic carbocycles. The highest BCUT2D eigenvalue weighted by atomic mass is 32.2. The summed E-state index contributed by atoms with van der Waals surface area (Å²) in [5.41, 5.74) is 3.73. The largest absolute Gasteiger partial charge is 0.497 e. The molecule has 0 fully saturated rings. The van der Waals surface area contributed by atoms with Gasteiger partial charge < -0.3 is 15.0 Å². The van der Waals surface area contributed by atoms with Crippen LogP contribution in [0.4, 0.5) is 11.4 Å². The summed E-state index contributed by atoms with van der Waals surface area (Å²) in [6, 6.07) is 25.3. The quantitative estimate of drug-likeness (QED) is 0.584. The maximum Gasteiger partial charge on any atom is 0.234 e. The predicted molar refractivity (Wildman–Crippen MR) is 133 cm³/mol. The van der Waals surface area contributed by atoms with E-state index in [4.69, 9.17) is 9.73 Å². The third-order valence-corrected chi connectivity index (χ3v) is 5.94. The number of benzene rings is 3. The van der Waals surface area contributed by atoms with Crippen LogP contribution in [-0.2, 0) is 4.79 Å². The first kappa shape index (κ1) is 21.6. The number of carbonyl (C=O) groups is 1. The van der Waals surface area contributed by atoms with Gasteiger partial charge in [0.1, 0.15) is 12.4 Å². The summed E-state index contributed by atoms with van der Waals surface area (Å²) < 4.78 is 5.27. The van der Waals surface area contributed by atoms with Crippen molar-refractivity contribution in [2.75, 3.05) is 29.7 Å². The number of carbonyl (C=O) groups excluding carboxylic acids is 1. The minimum Gasteiger partial charge on any atom is -0.497 e. The third kappa shape index (κ3) is 5.18. The zero-order valence-electron chi connectivity index (χ0n) is 18.0. The van der Waals surface area contributed by atoms with E-state index in [-0.39, 0.29) is 11.7 Å². The molecule has 0 bridgehead atoms. The Hall–Kier alpha value is -3.58. The molecule has 3 aromatic carbocycles. The summed E-state index contributed by atoms with van der Waals surface area (Å²) in [4.78, 5) is 24.1. The van der Waals surface area contributed by atoms with Crippen molar-refractivity contribution in [3.05, 3.63) is 90.0 Å². The molecule has 6 nitrogen and oxygen atoms in total. The molecule has 0 spiro atoms. The lowest BCUT2D eigenvalue weighted by atomic mass is 10.2. The van der Waals surface area contributed by atoms with Gasteiger partial charge in [-0.25, -0.2) is 9.98 Å². The Morgan fingerprint density at radius 1 is 1.03 bits per heavy atom. The van der Waals surface area contributed by atoms with E-state index in [1.807, 2.05) is 90.7 Å². The van der Waals surface area contributed by atoms with Gasteiger partial charge in [0.2, 0.25) is 5.91 Å². The molecular formula is C25H24N4O2S. The van der Waals surface area contributed by atoms with Gasteiger partial charge in [-0.1, -0.05) is 60.3 Å². The normalized spacial score (nSPS) is 13.2. The number of ether oxygens (including phenoxy) is 1. The Labute approximate surface area is 192 Å². The van der Waals surface area contributed by atoms with Gasteiger partial charge in [-0.2, -0.15) is 0 Å². The molecule has 32 heavy (non-hydrogen) atoms. The number of thioether (sulfide) groups is 1. The van der Waals surface area contributed by atoms with Gasteiger partial charge >= 0.3 is 0 Å². The first-order valence-electron chi connectivity index (χ1n) is 10.2. The van der Waals surface area contributed by atoms with Gasteiger partial charge in [-0.3, -0.25) is 4.79 Å². The number of methoxy groups -OCH3 is 1. The maximum absolute atomic E-state index is 12.6. The molecule has 1 heterocycles. The molecule has 1 aliphatic heterocycles. The van der Waals surface area contributed by atoms with Gasteiger partial charge in [-0.15, -0.1) is 0 Å². The monoisotopic (exact) mass is 444 g/mol. The van der Waals surface area contributed by atoms with Crippen molar-refractivity contribution in [3.63, 3.8) is 0 Å². The lowest BCUT2D eigenvalue weighted by Gasteiger charge is -2.27. The number of hydrogen-bond acceptors (Lipinski definition) is 6. The van der Waals surface area contributed by atoms with Crippen molar-refractivity contribution in [2.45, 2.75) is 6.92 Å². The number of amides is 1. The first-order chi connectivity index (χ1) is 15.6. The van der Waals surface area contributed by atoms with E-state index in [1.165, 1.54) is 11.8 Å². The number of aryl methyl sites for hydroxylation is 1. The molecule has 3 aromatic rings. The van der Waals surface area contributed by atoms with Gasteiger partial charge in [0.15, 0.2) is 11.0 Å². The van der Waals surface area contributed by atoms with Crippen molar-refractivity contribution < 1.29 is 9.53 Å². The summed E-state index contributed by atoms with van der Waals surface area (Å²) >= 11 is 1.39. The Balaban J connectivity index is 1.54. The molecule has 0 aromatic heterocycles. The number of hydrogen-bond donors (Lipinski definition) is 1. The fraction of sp³-hybridized carbons (Fsp3) is 0.160. The molecule has 0 saturated carbocycles. The van der Waals surface area contributed by atoms with Crippen LogP contribution in [0.2, 0.25) is 0 Å². The average molecular weight is 445 g/mol. The summed E-state index contributed by atoms with van der Waals surface area (Å²) in [5.74, 6) is 1.60. The zero-order chi connectivity index (χ0) is 22.3. The zero-order valence-corrected chi connectivity index (χ0v) is 18.8. The molecule has 0 atom stereocenters. The van der Waals surface area contributed by atoms with Crippen LogP contribution in [0.15, 0.2) is 88.8 Å². The number of para-hydroxylation sites is 1. The third-order valence-electron chi connectivity index (χ3n) is 4.96. The van der Waals surface area contributed by atoms with E-state index in [9.17, 15) is 4.79 Å². The minimum atomic E-state index is -0.0783. The van der Waals surface area contributed by atoms with Gasteiger partial charge in [0, 0.05) is 16.9 Å². The molecule has 0 unspecified atom stereocenters. The highest BCUT2D eigenvalue weighted by Gasteiger charge is 2.21. The Kier molecular flexibility index (Phi) is 6.87. The van der Waals surface area contributed by atoms with Crippen molar-refractivity contribution >= 4 is 40.0 Å². The summed E-state index contributed by atoms with van der Waals surface area (Å²) in [6.45, 7) is 2.39. The van der Waals surface area contributed by atoms with Crippen molar-refractivity contribution in [3.8, 4) is 5.75 Å². The summed E-state index contributed by atoms with van der Waals surface area (Å²) in [6.07, 6.45) is 0. The maximum atomic E-state index is 12.6. The van der Waals surface area contributed by atoms with Crippen molar-refractivity contribution in [1.82, 2.24) is 0 Å². The second kappa shape index (κ2) is 10.2.